The number of fused-ring (bicyclic) bond motifs is 1. The van der Waals surface area contributed by atoms with Crippen LogP contribution in [0.15, 0.2) is 77.7 Å². The third kappa shape index (κ3) is 4.38. The predicted octanol–water partition coefficient (Wildman–Crippen LogP) is 5.28. The third-order valence-electron chi connectivity index (χ3n) is 7.33. The molecule has 6 heteroatoms. The summed E-state index contributed by atoms with van der Waals surface area (Å²) < 4.78 is 1.71. The Morgan fingerprint density at radius 2 is 1.54 bits per heavy atom. The van der Waals surface area contributed by atoms with Crippen LogP contribution in [0.3, 0.4) is 0 Å². The Kier molecular flexibility index (Phi) is 6.31. The fourth-order valence-corrected chi connectivity index (χ4v) is 5.74. The summed E-state index contributed by atoms with van der Waals surface area (Å²) >= 11 is 0. The Hall–Kier alpha value is -4.37. The second kappa shape index (κ2) is 9.59. The van der Waals surface area contributed by atoms with Crippen LogP contribution >= 0.6 is 0 Å². The van der Waals surface area contributed by atoms with Crippen LogP contribution in [0.1, 0.15) is 31.9 Å². The molecule has 0 radical (unpaired) electrons. The van der Waals surface area contributed by atoms with Gasteiger partial charge in [-0.15, -0.1) is 0 Å². The Morgan fingerprint density at radius 1 is 0.919 bits per heavy atom. The van der Waals surface area contributed by atoms with Gasteiger partial charge in [0, 0.05) is 55.1 Å². The van der Waals surface area contributed by atoms with Crippen LogP contribution in [0.25, 0.3) is 27.6 Å². The number of rotatable bonds is 3. The van der Waals surface area contributed by atoms with Crippen LogP contribution in [0.4, 0.5) is 5.69 Å². The van der Waals surface area contributed by atoms with E-state index in [2.05, 4.69) is 36.9 Å². The first-order valence-corrected chi connectivity index (χ1v) is 12.6. The molecule has 0 saturated carbocycles. The van der Waals surface area contributed by atoms with Crippen molar-refractivity contribution in [3.05, 3.63) is 94.4 Å². The van der Waals surface area contributed by atoms with Crippen molar-refractivity contribution in [2.75, 3.05) is 18.0 Å². The van der Waals surface area contributed by atoms with Crippen molar-refractivity contribution in [3.8, 4) is 22.9 Å². The van der Waals surface area contributed by atoms with Gasteiger partial charge < -0.3 is 9.80 Å². The van der Waals surface area contributed by atoms with Gasteiger partial charge in [-0.3, -0.25) is 14.2 Å². The molecular weight excluding hydrogens is 460 g/mol. The summed E-state index contributed by atoms with van der Waals surface area (Å²) in [5, 5.41) is 10.7. The first-order valence-electron chi connectivity index (χ1n) is 12.6. The highest BCUT2D eigenvalue weighted by Gasteiger charge is 2.31. The fourth-order valence-electron chi connectivity index (χ4n) is 5.74. The highest BCUT2D eigenvalue weighted by Crippen LogP contribution is 2.31. The molecule has 0 N–H and O–H groups in total. The maximum atomic E-state index is 13.6. The average Bonchev–Trinajstić information content (AvgIpc) is 2.90. The Morgan fingerprint density at radius 3 is 2.14 bits per heavy atom. The zero-order valence-electron chi connectivity index (χ0n) is 21.6. The first-order chi connectivity index (χ1) is 17.8. The van der Waals surface area contributed by atoms with E-state index in [0.29, 0.717) is 10.9 Å². The van der Waals surface area contributed by atoms with E-state index >= 15 is 0 Å². The Balaban J connectivity index is 1.49. The van der Waals surface area contributed by atoms with E-state index in [-0.39, 0.29) is 23.6 Å². The Labute approximate surface area is 217 Å². The number of carbonyl (C=O) groups is 1. The van der Waals surface area contributed by atoms with Crippen LogP contribution in [0.5, 0.6) is 0 Å². The minimum Gasteiger partial charge on any atom is -0.367 e. The van der Waals surface area contributed by atoms with Crippen molar-refractivity contribution in [3.63, 3.8) is 0 Å². The molecule has 3 aromatic carbocycles. The molecule has 1 fully saturated rings. The van der Waals surface area contributed by atoms with Crippen LogP contribution in [0, 0.1) is 18.3 Å². The monoisotopic (exact) mass is 490 g/mol. The number of benzene rings is 3. The summed E-state index contributed by atoms with van der Waals surface area (Å²) in [6, 6.07) is 23.8. The summed E-state index contributed by atoms with van der Waals surface area (Å²) in [5.74, 6) is 0.114. The molecular formula is C31H30N4O2. The molecule has 2 heterocycles. The van der Waals surface area contributed by atoms with Gasteiger partial charge in [0.05, 0.1) is 11.6 Å². The number of anilines is 1. The summed E-state index contributed by atoms with van der Waals surface area (Å²) in [6.07, 6.45) is 1.91. The van der Waals surface area contributed by atoms with Gasteiger partial charge in [0.2, 0.25) is 5.91 Å². The second-order valence-electron chi connectivity index (χ2n) is 9.95. The van der Waals surface area contributed by atoms with Crippen molar-refractivity contribution in [1.29, 1.82) is 5.26 Å². The number of hydrogen-bond donors (Lipinski definition) is 0. The molecule has 2 atom stereocenters. The van der Waals surface area contributed by atoms with E-state index in [1.54, 1.807) is 23.6 Å². The number of pyridine rings is 1. The van der Waals surface area contributed by atoms with E-state index in [4.69, 9.17) is 5.26 Å². The lowest BCUT2D eigenvalue weighted by molar-refractivity contribution is -0.133. The van der Waals surface area contributed by atoms with Gasteiger partial charge in [-0.25, -0.2) is 0 Å². The molecule has 1 amide bonds. The number of piperazine rings is 1. The third-order valence-corrected chi connectivity index (χ3v) is 7.33. The van der Waals surface area contributed by atoms with Crippen molar-refractivity contribution in [2.24, 2.45) is 0 Å². The largest absolute Gasteiger partial charge is 0.367 e. The predicted molar refractivity (Wildman–Crippen MR) is 148 cm³/mol. The molecule has 1 saturated heterocycles. The molecule has 0 bridgehead atoms. The van der Waals surface area contributed by atoms with Crippen LogP contribution in [-0.2, 0) is 4.79 Å². The highest BCUT2D eigenvalue weighted by atomic mass is 16.2. The van der Waals surface area contributed by atoms with E-state index in [0.717, 1.165) is 46.5 Å². The second-order valence-corrected chi connectivity index (χ2v) is 9.95. The number of hydrogen-bond acceptors (Lipinski definition) is 4. The van der Waals surface area contributed by atoms with E-state index < -0.39 is 0 Å². The zero-order valence-corrected chi connectivity index (χ0v) is 21.6. The molecule has 6 nitrogen and oxygen atoms in total. The molecule has 37 heavy (non-hydrogen) atoms. The van der Waals surface area contributed by atoms with Gasteiger partial charge in [-0.2, -0.15) is 5.26 Å². The summed E-state index contributed by atoms with van der Waals surface area (Å²) in [7, 11) is 0. The van der Waals surface area contributed by atoms with Gasteiger partial charge in [0.1, 0.15) is 0 Å². The molecule has 5 rings (SSSR count). The molecule has 1 aromatic heterocycles. The van der Waals surface area contributed by atoms with Crippen molar-refractivity contribution in [2.45, 2.75) is 39.8 Å². The number of aromatic nitrogens is 1. The molecule has 186 valence electrons. The summed E-state index contributed by atoms with van der Waals surface area (Å²) in [6.45, 7) is 9.38. The minimum atomic E-state index is -0.0684. The maximum absolute atomic E-state index is 13.6. The van der Waals surface area contributed by atoms with Crippen molar-refractivity contribution in [1.82, 2.24) is 9.47 Å². The van der Waals surface area contributed by atoms with E-state index in [1.165, 1.54) is 0 Å². The smallest absolute Gasteiger partial charge is 0.262 e. The van der Waals surface area contributed by atoms with Crippen LogP contribution < -0.4 is 10.5 Å². The van der Waals surface area contributed by atoms with E-state index in [9.17, 15) is 9.59 Å². The van der Waals surface area contributed by atoms with Gasteiger partial charge in [0.15, 0.2) is 0 Å². The first kappa shape index (κ1) is 24.3. The summed E-state index contributed by atoms with van der Waals surface area (Å²) in [4.78, 5) is 29.9. The van der Waals surface area contributed by atoms with E-state index in [1.807, 2.05) is 60.5 Å². The topological polar surface area (TPSA) is 69.3 Å². The zero-order chi connectivity index (χ0) is 26.3. The lowest BCUT2D eigenvalue weighted by atomic mass is 9.96. The normalized spacial score (nSPS) is 17.6. The van der Waals surface area contributed by atoms with Crippen LogP contribution in [-0.4, -0.2) is 40.5 Å². The molecule has 0 spiro atoms. The van der Waals surface area contributed by atoms with Gasteiger partial charge in [0.25, 0.3) is 5.56 Å². The quantitative estimate of drug-likeness (QED) is 0.392. The lowest BCUT2D eigenvalue weighted by Gasteiger charge is -2.45. The van der Waals surface area contributed by atoms with Gasteiger partial charge in [-0.1, -0.05) is 24.3 Å². The molecule has 2 unspecified atom stereocenters. The number of amides is 1. The van der Waals surface area contributed by atoms with Crippen LogP contribution in [0.2, 0.25) is 0 Å². The van der Waals surface area contributed by atoms with Crippen molar-refractivity contribution < 1.29 is 4.79 Å². The SMILES string of the molecule is CC(=O)N1C(C)CN(c2ccc(-n3cc(C)c4c(-c5ccc(C#N)cc5)cccc4c3=O)cc2)CC1C. The summed E-state index contributed by atoms with van der Waals surface area (Å²) in [5.41, 5.74) is 5.39. The highest BCUT2D eigenvalue weighted by molar-refractivity contribution is 5.98. The van der Waals surface area contributed by atoms with Gasteiger partial charge in [-0.05, 0) is 85.3 Å². The molecule has 4 aromatic rings. The minimum absolute atomic E-state index is 0.0684. The van der Waals surface area contributed by atoms with Crippen molar-refractivity contribution >= 4 is 22.4 Å². The number of nitrogens with zero attached hydrogens (tertiary/aromatic N) is 4. The Bertz CT molecular complexity index is 1570. The lowest BCUT2D eigenvalue weighted by Crippen LogP contribution is -2.58. The average molecular weight is 491 g/mol. The molecule has 1 aliphatic rings. The maximum Gasteiger partial charge on any atom is 0.262 e. The number of carbonyl (C=O) groups excluding carboxylic acids is 1. The number of nitriles is 1. The number of aryl methyl sites for hydroxylation is 1. The molecule has 1 aliphatic heterocycles. The fraction of sp³-hybridized carbons (Fsp3) is 0.258. The standard InChI is InChI=1S/C31H30N4O2/c1-20-17-34(27-14-12-26(13-15-27)33-18-21(2)35(23(4)36)22(3)19-33)31(37)29-7-5-6-28(30(20)29)25-10-8-24(16-32)9-11-25/h5-15,17,21-22H,18-19H2,1-4H3. The molecule has 0 aliphatic carbocycles. The van der Waals surface area contributed by atoms with Gasteiger partial charge >= 0.3 is 0 Å².